The summed E-state index contributed by atoms with van der Waals surface area (Å²) in [6.45, 7) is 6.64. The Morgan fingerprint density at radius 3 is 2.74 bits per heavy atom. The van der Waals surface area contributed by atoms with E-state index in [9.17, 15) is 0 Å². The standard InChI is InChI=1S/C14H21BrN2OS/c1-4-7-17(8-9-18-3)14(19)16-12-5-6-13(15)11(2)10-12/h5-6,10H,4,7-9H2,1-3H3,(H,16,19). The number of ether oxygens (including phenoxy) is 1. The van der Waals surface area contributed by atoms with Crippen molar-refractivity contribution in [3.63, 3.8) is 0 Å². The van der Waals surface area contributed by atoms with Crippen molar-refractivity contribution in [2.75, 3.05) is 32.1 Å². The highest BCUT2D eigenvalue weighted by Crippen LogP contribution is 2.20. The molecule has 1 aromatic carbocycles. The number of nitrogens with zero attached hydrogens (tertiary/aromatic N) is 1. The number of benzene rings is 1. The second-order valence-electron chi connectivity index (χ2n) is 4.37. The highest BCUT2D eigenvalue weighted by atomic mass is 79.9. The molecule has 0 radical (unpaired) electrons. The van der Waals surface area contributed by atoms with Gasteiger partial charge in [-0.3, -0.25) is 0 Å². The summed E-state index contributed by atoms with van der Waals surface area (Å²) in [5, 5.41) is 4.04. The molecule has 0 heterocycles. The fraction of sp³-hybridized carbons (Fsp3) is 0.500. The van der Waals surface area contributed by atoms with Crippen LogP contribution in [-0.4, -0.2) is 36.8 Å². The summed E-state index contributed by atoms with van der Waals surface area (Å²) in [6.07, 6.45) is 1.06. The zero-order chi connectivity index (χ0) is 14.3. The van der Waals surface area contributed by atoms with Gasteiger partial charge in [-0.15, -0.1) is 0 Å². The highest BCUT2D eigenvalue weighted by Gasteiger charge is 2.09. The molecule has 0 aromatic heterocycles. The van der Waals surface area contributed by atoms with Gasteiger partial charge < -0.3 is 15.0 Å². The minimum absolute atomic E-state index is 0.682. The number of rotatable bonds is 6. The molecule has 0 unspecified atom stereocenters. The van der Waals surface area contributed by atoms with E-state index in [1.54, 1.807) is 7.11 Å². The van der Waals surface area contributed by atoms with E-state index in [-0.39, 0.29) is 0 Å². The van der Waals surface area contributed by atoms with Gasteiger partial charge in [0.15, 0.2) is 5.11 Å². The van der Waals surface area contributed by atoms with Crippen molar-refractivity contribution in [1.82, 2.24) is 4.90 Å². The molecule has 0 saturated heterocycles. The molecule has 0 bridgehead atoms. The Balaban J connectivity index is 2.66. The van der Waals surface area contributed by atoms with Gasteiger partial charge in [0.1, 0.15) is 0 Å². The van der Waals surface area contributed by atoms with E-state index in [1.807, 2.05) is 12.1 Å². The van der Waals surface area contributed by atoms with Crippen LogP contribution in [0.25, 0.3) is 0 Å². The SMILES string of the molecule is CCCN(CCOC)C(=S)Nc1ccc(Br)c(C)c1. The summed E-state index contributed by atoms with van der Waals surface area (Å²) in [6, 6.07) is 6.13. The van der Waals surface area contributed by atoms with Gasteiger partial charge in [-0.1, -0.05) is 22.9 Å². The van der Waals surface area contributed by atoms with E-state index in [1.165, 1.54) is 5.56 Å². The van der Waals surface area contributed by atoms with E-state index < -0.39 is 0 Å². The fourth-order valence-corrected chi connectivity index (χ4v) is 2.26. The van der Waals surface area contributed by atoms with E-state index >= 15 is 0 Å². The molecule has 0 aliphatic rings. The van der Waals surface area contributed by atoms with Crippen molar-refractivity contribution in [2.24, 2.45) is 0 Å². The molecule has 0 saturated carbocycles. The first kappa shape index (κ1) is 16.4. The summed E-state index contributed by atoms with van der Waals surface area (Å²) in [7, 11) is 1.71. The third-order valence-electron chi connectivity index (χ3n) is 2.76. The summed E-state index contributed by atoms with van der Waals surface area (Å²) in [5.74, 6) is 0. The Labute approximate surface area is 129 Å². The lowest BCUT2D eigenvalue weighted by Gasteiger charge is -2.25. The Bertz CT molecular complexity index is 426. The first-order valence-electron chi connectivity index (χ1n) is 6.39. The third kappa shape index (κ3) is 5.47. The molecule has 0 spiro atoms. The summed E-state index contributed by atoms with van der Waals surface area (Å²) in [5.41, 5.74) is 2.20. The van der Waals surface area contributed by atoms with Crippen molar-refractivity contribution in [3.8, 4) is 0 Å². The molecule has 0 aliphatic carbocycles. The first-order valence-corrected chi connectivity index (χ1v) is 7.59. The number of anilines is 1. The molecule has 0 aliphatic heterocycles. The van der Waals surface area contributed by atoms with E-state index in [0.717, 1.165) is 34.8 Å². The smallest absolute Gasteiger partial charge is 0.173 e. The topological polar surface area (TPSA) is 24.5 Å². The van der Waals surface area contributed by atoms with Gasteiger partial charge in [0, 0.05) is 30.4 Å². The molecule has 0 fully saturated rings. The molecule has 0 amide bonds. The molecular formula is C14H21BrN2OS. The molecule has 5 heteroatoms. The van der Waals surface area contributed by atoms with Gasteiger partial charge >= 0.3 is 0 Å². The van der Waals surface area contributed by atoms with Crippen LogP contribution in [0.4, 0.5) is 5.69 Å². The van der Waals surface area contributed by atoms with Crippen molar-refractivity contribution < 1.29 is 4.74 Å². The Kier molecular flexibility index (Phi) is 7.34. The number of halogens is 1. The number of thiocarbonyl (C=S) groups is 1. The fourth-order valence-electron chi connectivity index (χ4n) is 1.71. The van der Waals surface area contributed by atoms with E-state index in [4.69, 9.17) is 17.0 Å². The predicted octanol–water partition coefficient (Wildman–Crippen LogP) is 3.81. The maximum absolute atomic E-state index is 5.46. The zero-order valence-electron chi connectivity index (χ0n) is 11.7. The summed E-state index contributed by atoms with van der Waals surface area (Å²) < 4.78 is 6.22. The van der Waals surface area contributed by atoms with Gasteiger partial charge in [0.2, 0.25) is 0 Å². The van der Waals surface area contributed by atoms with Crippen LogP contribution in [-0.2, 0) is 4.74 Å². The number of hydrogen-bond donors (Lipinski definition) is 1. The minimum atomic E-state index is 0.682. The van der Waals surface area contributed by atoms with Crippen molar-refractivity contribution in [1.29, 1.82) is 0 Å². The molecular weight excluding hydrogens is 324 g/mol. The van der Waals surface area contributed by atoms with Crippen LogP contribution in [0.3, 0.4) is 0 Å². The minimum Gasteiger partial charge on any atom is -0.383 e. The largest absolute Gasteiger partial charge is 0.383 e. The van der Waals surface area contributed by atoms with Crippen molar-refractivity contribution >= 4 is 38.9 Å². The van der Waals surface area contributed by atoms with Gasteiger partial charge in [-0.25, -0.2) is 0 Å². The lowest BCUT2D eigenvalue weighted by molar-refractivity contribution is 0.177. The molecule has 1 N–H and O–H groups in total. The summed E-state index contributed by atoms with van der Waals surface area (Å²) >= 11 is 8.96. The van der Waals surface area contributed by atoms with Crippen molar-refractivity contribution in [2.45, 2.75) is 20.3 Å². The third-order valence-corrected chi connectivity index (χ3v) is 4.01. The number of aryl methyl sites for hydroxylation is 1. The van der Waals surface area contributed by atoms with Crippen molar-refractivity contribution in [3.05, 3.63) is 28.2 Å². The van der Waals surface area contributed by atoms with Crippen LogP contribution < -0.4 is 5.32 Å². The molecule has 1 aromatic rings. The zero-order valence-corrected chi connectivity index (χ0v) is 14.1. The monoisotopic (exact) mass is 344 g/mol. The lowest BCUT2D eigenvalue weighted by Crippen LogP contribution is -2.37. The second-order valence-corrected chi connectivity index (χ2v) is 5.61. The van der Waals surface area contributed by atoms with E-state index in [0.29, 0.717) is 6.61 Å². The quantitative estimate of drug-likeness (QED) is 0.793. The van der Waals surface area contributed by atoms with Crippen LogP contribution >= 0.6 is 28.1 Å². The van der Waals surface area contributed by atoms with Gasteiger partial charge in [-0.2, -0.15) is 0 Å². The molecule has 3 nitrogen and oxygen atoms in total. The first-order chi connectivity index (χ1) is 9.08. The molecule has 106 valence electrons. The second kappa shape index (κ2) is 8.51. The number of methoxy groups -OCH3 is 1. The lowest BCUT2D eigenvalue weighted by atomic mass is 10.2. The van der Waals surface area contributed by atoms with Crippen LogP contribution in [0, 0.1) is 6.92 Å². The Morgan fingerprint density at radius 1 is 1.42 bits per heavy atom. The van der Waals surface area contributed by atoms with Gasteiger partial charge in [0.25, 0.3) is 0 Å². The Hall–Kier alpha value is -0.650. The molecule has 1 rings (SSSR count). The maximum Gasteiger partial charge on any atom is 0.173 e. The summed E-state index contributed by atoms with van der Waals surface area (Å²) in [4.78, 5) is 2.14. The number of nitrogens with one attached hydrogen (secondary N) is 1. The predicted molar refractivity (Wildman–Crippen MR) is 88.8 cm³/mol. The Morgan fingerprint density at radius 2 is 2.16 bits per heavy atom. The molecule has 19 heavy (non-hydrogen) atoms. The van der Waals surface area contributed by atoms with Crippen LogP contribution in [0.1, 0.15) is 18.9 Å². The maximum atomic E-state index is 5.46. The normalized spacial score (nSPS) is 10.3. The van der Waals surface area contributed by atoms with Crippen LogP contribution in [0.15, 0.2) is 22.7 Å². The highest BCUT2D eigenvalue weighted by molar-refractivity contribution is 9.10. The number of hydrogen-bond acceptors (Lipinski definition) is 2. The van der Waals surface area contributed by atoms with Gasteiger partial charge in [-0.05, 0) is 49.3 Å². The van der Waals surface area contributed by atoms with Gasteiger partial charge in [0.05, 0.1) is 6.61 Å². The van der Waals surface area contributed by atoms with Crippen LogP contribution in [0.2, 0.25) is 0 Å². The van der Waals surface area contributed by atoms with E-state index in [2.05, 4.69) is 46.1 Å². The average molecular weight is 345 g/mol. The molecule has 0 atom stereocenters. The van der Waals surface area contributed by atoms with Crippen LogP contribution in [0.5, 0.6) is 0 Å². The average Bonchev–Trinajstić information content (AvgIpc) is 2.38.